The largest absolute Gasteiger partial charge is 0.423 e. The van der Waals surface area contributed by atoms with Gasteiger partial charge in [-0.05, 0) is 26.2 Å². The summed E-state index contributed by atoms with van der Waals surface area (Å²) in [5, 5.41) is 10.9. The number of carbonyl (C=O) groups excluding carboxylic acids is 1. The number of piperidine rings is 1. The maximum atomic E-state index is 13.2. The summed E-state index contributed by atoms with van der Waals surface area (Å²) in [5.74, 6) is 0.0877. The molecule has 1 amide bonds. The van der Waals surface area contributed by atoms with Crippen molar-refractivity contribution in [1.29, 1.82) is 0 Å². The lowest BCUT2D eigenvalue weighted by molar-refractivity contribution is -0.139. The van der Waals surface area contributed by atoms with Gasteiger partial charge >= 0.3 is 12.4 Å². The van der Waals surface area contributed by atoms with E-state index in [1.54, 1.807) is 21.8 Å². The Morgan fingerprint density at radius 2 is 1.66 bits per heavy atom. The van der Waals surface area contributed by atoms with E-state index in [0.717, 1.165) is 18.6 Å². The van der Waals surface area contributed by atoms with Crippen molar-refractivity contribution in [2.45, 2.75) is 56.7 Å². The highest BCUT2D eigenvalue weighted by Gasteiger charge is 2.39. The Labute approximate surface area is 212 Å². The van der Waals surface area contributed by atoms with Crippen LogP contribution in [0.25, 0.3) is 0 Å². The number of anilines is 2. The number of carbonyl (C=O) groups is 1. The number of hydrogen-bond donors (Lipinski definition) is 3. The number of likely N-dealkylation sites (tertiary alicyclic amines) is 1. The van der Waals surface area contributed by atoms with Crippen molar-refractivity contribution in [1.82, 2.24) is 30.4 Å². The third kappa shape index (κ3) is 6.16. The molecule has 0 spiro atoms. The van der Waals surface area contributed by atoms with Crippen LogP contribution in [0.3, 0.4) is 0 Å². The van der Waals surface area contributed by atoms with Crippen LogP contribution < -0.4 is 21.1 Å². The van der Waals surface area contributed by atoms with Crippen LogP contribution in [0.4, 0.5) is 38.0 Å². The lowest BCUT2D eigenvalue weighted by Crippen LogP contribution is -2.49. The molecular weight excluding hydrogens is 522 g/mol. The Morgan fingerprint density at radius 3 is 2.26 bits per heavy atom. The summed E-state index contributed by atoms with van der Waals surface area (Å²) >= 11 is 0. The maximum Gasteiger partial charge on any atom is 0.423 e. The molecule has 0 radical (unpaired) electrons. The van der Waals surface area contributed by atoms with Gasteiger partial charge in [-0.15, -0.1) is 0 Å². The molecule has 208 valence electrons. The molecule has 1 unspecified atom stereocenters. The highest BCUT2D eigenvalue weighted by atomic mass is 19.4. The standard InChI is InChI=1S/C22H26F6N8O2/c1-12(33-16-11-32-34-18(37)17(16)22(26,27)28)8-29-15-4-7-36(19(15)38)14-2-5-35(6-3-14)20-30-9-13(10-31-20)21(23,24)25/h9-12,14-15,29H,2-8H2,1H3,(H2,33,34,37)/t12?,15-/m1/s1. The molecule has 2 aliphatic rings. The Bertz CT molecular complexity index is 1180. The minimum Gasteiger partial charge on any atom is -0.379 e. The highest BCUT2D eigenvalue weighted by molar-refractivity contribution is 5.84. The van der Waals surface area contributed by atoms with Crippen molar-refractivity contribution in [3.8, 4) is 0 Å². The molecule has 2 fully saturated rings. The number of H-pyrrole nitrogens is 1. The van der Waals surface area contributed by atoms with Gasteiger partial charge in [-0.1, -0.05) is 0 Å². The normalized spacial score (nSPS) is 20.2. The Hall–Kier alpha value is -3.43. The Morgan fingerprint density at radius 1 is 1.00 bits per heavy atom. The van der Waals surface area contributed by atoms with Crippen molar-refractivity contribution in [3.63, 3.8) is 0 Å². The molecule has 16 heteroatoms. The summed E-state index contributed by atoms with van der Waals surface area (Å²) in [4.78, 5) is 35.8. The highest BCUT2D eigenvalue weighted by Crippen LogP contribution is 2.32. The van der Waals surface area contributed by atoms with Crippen LogP contribution in [0.5, 0.6) is 0 Å². The number of amides is 1. The zero-order chi connectivity index (χ0) is 27.7. The van der Waals surface area contributed by atoms with Gasteiger partial charge in [0.05, 0.1) is 23.5 Å². The second kappa shape index (κ2) is 10.7. The maximum absolute atomic E-state index is 13.2. The fourth-order valence-electron chi connectivity index (χ4n) is 4.69. The molecule has 4 heterocycles. The monoisotopic (exact) mass is 548 g/mol. The van der Waals surface area contributed by atoms with E-state index in [0.29, 0.717) is 38.9 Å². The molecule has 38 heavy (non-hydrogen) atoms. The summed E-state index contributed by atoms with van der Waals surface area (Å²) in [7, 11) is 0. The molecule has 2 aromatic rings. The topological polar surface area (TPSA) is 119 Å². The summed E-state index contributed by atoms with van der Waals surface area (Å²) in [6, 6.07) is -1.10. The van der Waals surface area contributed by atoms with Gasteiger partial charge < -0.3 is 20.4 Å². The second-order valence-electron chi connectivity index (χ2n) is 9.30. The van der Waals surface area contributed by atoms with Crippen LogP contribution >= 0.6 is 0 Å². The number of hydrogen-bond acceptors (Lipinski definition) is 8. The van der Waals surface area contributed by atoms with Gasteiger partial charge in [-0.2, -0.15) is 31.4 Å². The summed E-state index contributed by atoms with van der Waals surface area (Å²) in [6.45, 7) is 3.24. The molecule has 2 atom stereocenters. The second-order valence-corrected chi connectivity index (χ2v) is 9.30. The molecule has 2 saturated heterocycles. The molecule has 0 bridgehead atoms. The first kappa shape index (κ1) is 27.6. The van der Waals surface area contributed by atoms with Crippen molar-refractivity contribution in [2.75, 3.05) is 36.4 Å². The number of alkyl halides is 6. The third-order valence-electron chi connectivity index (χ3n) is 6.61. The number of aromatic nitrogens is 4. The molecule has 3 N–H and O–H groups in total. The van der Waals surface area contributed by atoms with Gasteiger partial charge in [-0.3, -0.25) is 9.59 Å². The van der Waals surface area contributed by atoms with Crippen LogP contribution in [0.2, 0.25) is 0 Å². The third-order valence-corrected chi connectivity index (χ3v) is 6.61. The molecule has 2 aliphatic heterocycles. The first-order valence-corrected chi connectivity index (χ1v) is 11.9. The number of aromatic amines is 1. The number of nitrogens with zero attached hydrogens (tertiary/aromatic N) is 5. The zero-order valence-electron chi connectivity index (χ0n) is 20.2. The average Bonchev–Trinajstić information content (AvgIpc) is 3.21. The summed E-state index contributed by atoms with van der Waals surface area (Å²) in [6.07, 6.45) is -5.26. The van der Waals surface area contributed by atoms with E-state index in [4.69, 9.17) is 0 Å². The molecule has 0 aromatic carbocycles. The molecule has 0 saturated carbocycles. The molecular formula is C22H26F6N8O2. The van der Waals surface area contributed by atoms with Crippen molar-refractivity contribution < 1.29 is 31.1 Å². The Kier molecular flexibility index (Phi) is 7.80. The summed E-state index contributed by atoms with van der Waals surface area (Å²) < 4.78 is 77.9. The molecule has 4 rings (SSSR count). The fraction of sp³-hybridized carbons (Fsp3) is 0.591. The van der Waals surface area contributed by atoms with E-state index in [-0.39, 0.29) is 24.4 Å². The van der Waals surface area contributed by atoms with E-state index in [1.807, 2.05) is 0 Å². The molecule has 10 nitrogen and oxygen atoms in total. The first-order valence-electron chi connectivity index (χ1n) is 11.9. The van der Waals surface area contributed by atoms with E-state index in [2.05, 4.69) is 25.7 Å². The van der Waals surface area contributed by atoms with Crippen LogP contribution in [0.15, 0.2) is 23.4 Å². The first-order chi connectivity index (χ1) is 17.8. The zero-order valence-corrected chi connectivity index (χ0v) is 20.2. The molecule has 0 aliphatic carbocycles. The molecule has 2 aromatic heterocycles. The lowest BCUT2D eigenvalue weighted by Gasteiger charge is -2.36. The van der Waals surface area contributed by atoms with E-state index in [1.165, 1.54) is 0 Å². The predicted octanol–water partition coefficient (Wildman–Crippen LogP) is 2.26. The van der Waals surface area contributed by atoms with Crippen LogP contribution in [0, 0.1) is 0 Å². The number of rotatable bonds is 7. The lowest BCUT2D eigenvalue weighted by atomic mass is 10.0. The SMILES string of the molecule is CC(CN[C@@H]1CCN(C2CCN(c3ncc(C(F)(F)F)cn3)CC2)C1=O)Nc1cn[nH]c(=O)c1C(F)(F)F. The van der Waals surface area contributed by atoms with Gasteiger partial charge in [0.25, 0.3) is 5.56 Å². The van der Waals surface area contributed by atoms with Gasteiger partial charge in [0.1, 0.15) is 5.56 Å². The van der Waals surface area contributed by atoms with Crippen LogP contribution in [0.1, 0.15) is 37.3 Å². The van der Waals surface area contributed by atoms with Gasteiger partial charge in [0.2, 0.25) is 11.9 Å². The quantitative estimate of drug-likeness (QED) is 0.451. The summed E-state index contributed by atoms with van der Waals surface area (Å²) in [5.41, 5.74) is -4.08. The number of nitrogens with one attached hydrogen (secondary N) is 3. The fourth-order valence-corrected chi connectivity index (χ4v) is 4.69. The van der Waals surface area contributed by atoms with Gasteiger partial charge in [0.15, 0.2) is 0 Å². The van der Waals surface area contributed by atoms with Crippen molar-refractivity contribution in [2.24, 2.45) is 0 Å². The van der Waals surface area contributed by atoms with Crippen molar-refractivity contribution >= 4 is 17.5 Å². The van der Waals surface area contributed by atoms with E-state index >= 15 is 0 Å². The number of halogens is 6. The Balaban J connectivity index is 1.27. The average molecular weight is 548 g/mol. The van der Waals surface area contributed by atoms with Crippen LogP contribution in [-0.2, 0) is 17.1 Å². The van der Waals surface area contributed by atoms with E-state index in [9.17, 15) is 35.9 Å². The van der Waals surface area contributed by atoms with Crippen molar-refractivity contribution in [3.05, 3.63) is 40.1 Å². The minimum absolute atomic E-state index is 0.0491. The van der Waals surface area contributed by atoms with E-state index < -0.39 is 46.8 Å². The predicted molar refractivity (Wildman–Crippen MR) is 123 cm³/mol. The smallest absolute Gasteiger partial charge is 0.379 e. The van der Waals surface area contributed by atoms with Gasteiger partial charge in [-0.25, -0.2) is 15.1 Å². The minimum atomic E-state index is -4.86. The van der Waals surface area contributed by atoms with Crippen LogP contribution in [-0.4, -0.2) is 75.3 Å². The van der Waals surface area contributed by atoms with Gasteiger partial charge in [0, 0.05) is 50.7 Å².